The third-order valence-corrected chi connectivity index (χ3v) is 4.65. The Balaban J connectivity index is 1.56. The Morgan fingerprint density at radius 3 is 2.04 bits per heavy atom. The van der Waals surface area contributed by atoms with E-state index in [1.54, 1.807) is 0 Å². The van der Waals surface area contributed by atoms with E-state index in [0.29, 0.717) is 12.2 Å². The Kier molecular flexibility index (Phi) is 5.84. The summed E-state index contributed by atoms with van der Waals surface area (Å²) in [5.74, 6) is 0.725. The number of aryl methyl sites for hydroxylation is 1. The first kappa shape index (κ1) is 19.7. The number of carbonyl (C=O) groups excluding carboxylic acids is 1. The highest BCUT2D eigenvalue weighted by Crippen LogP contribution is 2.24. The number of amides is 1. The number of rotatable bonds is 5. The maximum Gasteiger partial charge on any atom is 0.255 e. The molecule has 0 saturated heterocycles. The summed E-state index contributed by atoms with van der Waals surface area (Å²) in [5.41, 5.74) is 5.01. The van der Waals surface area contributed by atoms with Gasteiger partial charge in [0.05, 0.1) is 0 Å². The second-order valence-corrected chi connectivity index (χ2v) is 8.08. The standard InChI is InChI=1S/C25H27NO2/c1-18-5-13-22(14-6-18)26-24(27)20-9-7-19(8-10-20)17-28-23-15-11-21(12-16-23)25(2,3)4/h5-16H,17H2,1-4H3,(H,26,27). The minimum absolute atomic E-state index is 0.117. The Morgan fingerprint density at radius 2 is 1.46 bits per heavy atom. The maximum atomic E-state index is 12.4. The van der Waals surface area contributed by atoms with E-state index in [2.05, 4.69) is 38.2 Å². The molecule has 3 aromatic rings. The molecule has 144 valence electrons. The summed E-state index contributed by atoms with van der Waals surface area (Å²) in [7, 11) is 0. The number of hydrogen-bond acceptors (Lipinski definition) is 2. The lowest BCUT2D eigenvalue weighted by atomic mass is 9.87. The van der Waals surface area contributed by atoms with Crippen LogP contribution in [0.5, 0.6) is 5.75 Å². The van der Waals surface area contributed by atoms with Gasteiger partial charge in [0, 0.05) is 11.3 Å². The van der Waals surface area contributed by atoms with Gasteiger partial charge in [-0.05, 0) is 59.9 Å². The maximum absolute atomic E-state index is 12.4. The second-order valence-electron chi connectivity index (χ2n) is 8.08. The number of benzene rings is 3. The molecular weight excluding hydrogens is 346 g/mol. The van der Waals surface area contributed by atoms with Crippen LogP contribution in [-0.2, 0) is 12.0 Å². The molecule has 0 saturated carbocycles. The minimum atomic E-state index is -0.117. The molecule has 0 aliphatic carbocycles. The SMILES string of the molecule is Cc1ccc(NC(=O)c2ccc(COc3ccc(C(C)(C)C)cc3)cc2)cc1. The zero-order chi connectivity index (χ0) is 20.1. The molecule has 1 amide bonds. The average Bonchev–Trinajstić information content (AvgIpc) is 2.68. The first-order valence-corrected chi connectivity index (χ1v) is 9.51. The lowest BCUT2D eigenvalue weighted by Crippen LogP contribution is -2.12. The summed E-state index contributed by atoms with van der Waals surface area (Å²) in [6.07, 6.45) is 0. The zero-order valence-electron chi connectivity index (χ0n) is 17.0. The molecule has 0 fully saturated rings. The van der Waals surface area contributed by atoms with Gasteiger partial charge < -0.3 is 10.1 Å². The van der Waals surface area contributed by atoms with Gasteiger partial charge in [0.2, 0.25) is 0 Å². The largest absolute Gasteiger partial charge is 0.489 e. The molecule has 3 nitrogen and oxygen atoms in total. The highest BCUT2D eigenvalue weighted by atomic mass is 16.5. The van der Waals surface area contributed by atoms with Crippen LogP contribution in [0.25, 0.3) is 0 Å². The number of carbonyl (C=O) groups is 1. The zero-order valence-corrected chi connectivity index (χ0v) is 17.0. The fraction of sp³-hybridized carbons (Fsp3) is 0.240. The molecule has 3 heteroatoms. The van der Waals surface area contributed by atoms with Crippen LogP contribution in [0.15, 0.2) is 72.8 Å². The third-order valence-electron chi connectivity index (χ3n) is 4.65. The molecule has 0 aliphatic heterocycles. The Morgan fingerprint density at radius 1 is 0.857 bits per heavy atom. The second kappa shape index (κ2) is 8.30. The molecule has 3 aromatic carbocycles. The van der Waals surface area contributed by atoms with E-state index in [0.717, 1.165) is 22.6 Å². The van der Waals surface area contributed by atoms with Gasteiger partial charge >= 0.3 is 0 Å². The number of anilines is 1. The van der Waals surface area contributed by atoms with Crippen molar-refractivity contribution >= 4 is 11.6 Å². The topological polar surface area (TPSA) is 38.3 Å². The normalized spacial score (nSPS) is 11.1. The highest BCUT2D eigenvalue weighted by molar-refractivity contribution is 6.04. The molecule has 0 bridgehead atoms. The van der Waals surface area contributed by atoms with Crippen LogP contribution in [0, 0.1) is 6.92 Å². The monoisotopic (exact) mass is 373 g/mol. The van der Waals surface area contributed by atoms with Crippen molar-refractivity contribution in [1.29, 1.82) is 0 Å². The van der Waals surface area contributed by atoms with Crippen molar-refractivity contribution in [3.63, 3.8) is 0 Å². The van der Waals surface area contributed by atoms with E-state index in [-0.39, 0.29) is 11.3 Å². The fourth-order valence-electron chi connectivity index (χ4n) is 2.81. The predicted molar refractivity (Wildman–Crippen MR) is 115 cm³/mol. The van der Waals surface area contributed by atoms with Gasteiger partial charge in [-0.2, -0.15) is 0 Å². The lowest BCUT2D eigenvalue weighted by molar-refractivity contribution is 0.102. The van der Waals surface area contributed by atoms with Crippen LogP contribution < -0.4 is 10.1 Å². The van der Waals surface area contributed by atoms with Gasteiger partial charge in [-0.1, -0.05) is 62.7 Å². The molecule has 0 spiro atoms. The van der Waals surface area contributed by atoms with Crippen LogP contribution >= 0.6 is 0 Å². The molecule has 0 aliphatic rings. The summed E-state index contributed by atoms with van der Waals surface area (Å²) in [5, 5.41) is 2.91. The highest BCUT2D eigenvalue weighted by Gasteiger charge is 2.13. The van der Waals surface area contributed by atoms with Crippen LogP contribution in [0.3, 0.4) is 0 Å². The van der Waals surface area contributed by atoms with Gasteiger partial charge in [-0.15, -0.1) is 0 Å². The van der Waals surface area contributed by atoms with Crippen molar-refractivity contribution in [2.45, 2.75) is 39.7 Å². The van der Waals surface area contributed by atoms with E-state index >= 15 is 0 Å². The fourth-order valence-corrected chi connectivity index (χ4v) is 2.81. The van der Waals surface area contributed by atoms with Crippen LogP contribution in [0.4, 0.5) is 5.69 Å². The van der Waals surface area contributed by atoms with Crippen molar-refractivity contribution in [3.05, 3.63) is 95.1 Å². The van der Waals surface area contributed by atoms with Gasteiger partial charge in [-0.3, -0.25) is 4.79 Å². The first-order valence-electron chi connectivity index (χ1n) is 9.51. The van der Waals surface area contributed by atoms with Gasteiger partial charge in [-0.25, -0.2) is 0 Å². The molecule has 0 aromatic heterocycles. The lowest BCUT2D eigenvalue weighted by Gasteiger charge is -2.19. The molecule has 28 heavy (non-hydrogen) atoms. The molecule has 3 rings (SSSR count). The quantitative estimate of drug-likeness (QED) is 0.585. The van der Waals surface area contributed by atoms with Crippen molar-refractivity contribution in [3.8, 4) is 5.75 Å². The number of ether oxygens (including phenoxy) is 1. The summed E-state index contributed by atoms with van der Waals surface area (Å²) < 4.78 is 5.87. The molecular formula is C25H27NO2. The predicted octanol–water partition coefficient (Wildman–Crippen LogP) is 6.12. The number of nitrogens with one attached hydrogen (secondary N) is 1. The van der Waals surface area contributed by atoms with Gasteiger partial charge in [0.25, 0.3) is 5.91 Å². The smallest absolute Gasteiger partial charge is 0.255 e. The molecule has 0 unspecified atom stereocenters. The Bertz CT molecular complexity index is 918. The van der Waals surface area contributed by atoms with Crippen molar-refractivity contribution in [2.24, 2.45) is 0 Å². The molecule has 0 atom stereocenters. The molecule has 1 N–H and O–H groups in total. The van der Waals surface area contributed by atoms with Crippen molar-refractivity contribution < 1.29 is 9.53 Å². The van der Waals surface area contributed by atoms with Gasteiger partial charge in [0.15, 0.2) is 0 Å². The van der Waals surface area contributed by atoms with E-state index in [1.807, 2.05) is 67.6 Å². The van der Waals surface area contributed by atoms with Crippen LogP contribution in [0.1, 0.15) is 47.8 Å². The van der Waals surface area contributed by atoms with E-state index in [9.17, 15) is 4.79 Å². The molecule has 0 radical (unpaired) electrons. The van der Waals surface area contributed by atoms with Gasteiger partial charge in [0.1, 0.15) is 12.4 Å². The third kappa shape index (κ3) is 5.23. The summed E-state index contributed by atoms with van der Waals surface area (Å²) in [6.45, 7) is 9.07. The molecule has 0 heterocycles. The van der Waals surface area contributed by atoms with E-state index in [1.165, 1.54) is 5.56 Å². The Labute approximate surface area is 167 Å². The summed E-state index contributed by atoms with van der Waals surface area (Å²) >= 11 is 0. The average molecular weight is 373 g/mol. The van der Waals surface area contributed by atoms with Crippen LogP contribution in [0.2, 0.25) is 0 Å². The minimum Gasteiger partial charge on any atom is -0.489 e. The van der Waals surface area contributed by atoms with Crippen LogP contribution in [-0.4, -0.2) is 5.91 Å². The van der Waals surface area contributed by atoms with E-state index in [4.69, 9.17) is 4.74 Å². The Hall–Kier alpha value is -3.07. The van der Waals surface area contributed by atoms with Crippen molar-refractivity contribution in [1.82, 2.24) is 0 Å². The summed E-state index contributed by atoms with van der Waals surface area (Å²) in [6, 6.07) is 23.5. The first-order chi connectivity index (χ1) is 13.3. The van der Waals surface area contributed by atoms with E-state index < -0.39 is 0 Å². The number of hydrogen-bond donors (Lipinski definition) is 1. The van der Waals surface area contributed by atoms with Crippen molar-refractivity contribution in [2.75, 3.05) is 5.32 Å². The summed E-state index contributed by atoms with van der Waals surface area (Å²) in [4.78, 5) is 12.4.